The normalized spacial score (nSPS) is 20.0. The summed E-state index contributed by atoms with van der Waals surface area (Å²) in [7, 11) is 0. The van der Waals surface area contributed by atoms with Crippen LogP contribution >= 0.6 is 11.6 Å². The van der Waals surface area contributed by atoms with Crippen LogP contribution in [0.25, 0.3) is 0 Å². The molecule has 2 heterocycles. The van der Waals surface area contributed by atoms with Crippen LogP contribution in [0.3, 0.4) is 0 Å². The van der Waals surface area contributed by atoms with Crippen LogP contribution in [-0.2, 0) is 9.53 Å². The molecular formula is C18H23ClN4O4. The van der Waals surface area contributed by atoms with Crippen molar-refractivity contribution in [1.29, 1.82) is 0 Å². The van der Waals surface area contributed by atoms with Gasteiger partial charge in [0.15, 0.2) is 0 Å². The summed E-state index contributed by atoms with van der Waals surface area (Å²) >= 11 is 5.89. The molecule has 2 saturated heterocycles. The first kappa shape index (κ1) is 19.3. The Labute approximate surface area is 163 Å². The minimum atomic E-state index is -0.349. The van der Waals surface area contributed by atoms with Gasteiger partial charge in [0.1, 0.15) is 0 Å². The highest BCUT2D eigenvalue weighted by Gasteiger charge is 2.33. The highest BCUT2D eigenvalue weighted by atomic mass is 35.5. The second-order valence-corrected chi connectivity index (χ2v) is 6.94. The molecule has 1 aromatic carbocycles. The summed E-state index contributed by atoms with van der Waals surface area (Å²) in [6, 6.07) is 6.59. The van der Waals surface area contributed by atoms with Gasteiger partial charge >= 0.3 is 12.1 Å². The maximum absolute atomic E-state index is 12.5. The lowest BCUT2D eigenvalue weighted by atomic mass is 10.2. The minimum Gasteiger partial charge on any atom is -0.450 e. The van der Waals surface area contributed by atoms with E-state index in [0.29, 0.717) is 44.4 Å². The molecule has 8 nitrogen and oxygen atoms in total. The van der Waals surface area contributed by atoms with Gasteiger partial charge in [0.2, 0.25) is 5.91 Å². The number of hydrogen-bond acceptors (Lipinski definition) is 4. The summed E-state index contributed by atoms with van der Waals surface area (Å²) in [4.78, 5) is 41.4. The van der Waals surface area contributed by atoms with Gasteiger partial charge in [-0.15, -0.1) is 0 Å². The van der Waals surface area contributed by atoms with Gasteiger partial charge in [-0.1, -0.05) is 11.6 Å². The average Bonchev–Trinajstić information content (AvgIpc) is 3.02. The third-order valence-electron chi connectivity index (χ3n) is 4.68. The monoisotopic (exact) mass is 394 g/mol. The molecule has 1 N–H and O–H groups in total. The second-order valence-electron chi connectivity index (χ2n) is 6.50. The molecule has 0 aliphatic carbocycles. The Morgan fingerprint density at radius 2 is 1.78 bits per heavy atom. The zero-order valence-electron chi connectivity index (χ0n) is 15.2. The van der Waals surface area contributed by atoms with Crippen molar-refractivity contribution in [2.24, 2.45) is 0 Å². The first-order valence-corrected chi connectivity index (χ1v) is 9.38. The molecule has 1 unspecified atom stereocenters. The molecule has 1 atom stereocenters. The summed E-state index contributed by atoms with van der Waals surface area (Å²) in [5.41, 5.74) is 0.768. The Kier molecular flexibility index (Phi) is 6.05. The molecule has 0 aromatic heterocycles. The van der Waals surface area contributed by atoms with E-state index in [1.165, 1.54) is 0 Å². The van der Waals surface area contributed by atoms with Crippen molar-refractivity contribution >= 4 is 35.3 Å². The number of carbonyl (C=O) groups excluding carboxylic acids is 3. The van der Waals surface area contributed by atoms with Gasteiger partial charge < -0.3 is 24.8 Å². The lowest BCUT2D eigenvalue weighted by Crippen LogP contribution is -2.54. The van der Waals surface area contributed by atoms with Crippen molar-refractivity contribution in [2.45, 2.75) is 19.4 Å². The van der Waals surface area contributed by atoms with Gasteiger partial charge in [0.25, 0.3) is 0 Å². The lowest BCUT2D eigenvalue weighted by molar-refractivity contribution is -0.117. The number of benzene rings is 1. The van der Waals surface area contributed by atoms with Crippen molar-refractivity contribution in [1.82, 2.24) is 15.1 Å². The Hall–Kier alpha value is -2.48. The molecular weight excluding hydrogens is 372 g/mol. The standard InChI is InChI=1S/C18H23ClN4O4/c1-2-27-18(26)22-9-7-21(8-10-22)17(25)20-14-11-16(24)23(12-14)15-5-3-13(19)4-6-15/h3-6,14H,2,7-12H2,1H3,(H,20,25). The number of hydrogen-bond donors (Lipinski definition) is 1. The lowest BCUT2D eigenvalue weighted by Gasteiger charge is -2.34. The molecule has 27 heavy (non-hydrogen) atoms. The first-order chi connectivity index (χ1) is 13.0. The topological polar surface area (TPSA) is 82.2 Å². The van der Waals surface area contributed by atoms with Crippen molar-refractivity contribution < 1.29 is 19.1 Å². The summed E-state index contributed by atoms with van der Waals surface area (Å²) < 4.78 is 4.97. The van der Waals surface area contributed by atoms with Gasteiger partial charge in [-0.2, -0.15) is 0 Å². The van der Waals surface area contributed by atoms with E-state index < -0.39 is 0 Å². The minimum absolute atomic E-state index is 0.0326. The maximum atomic E-state index is 12.5. The smallest absolute Gasteiger partial charge is 0.409 e. The van der Waals surface area contributed by atoms with Crippen LogP contribution in [-0.4, -0.2) is 73.2 Å². The Balaban J connectivity index is 1.50. The van der Waals surface area contributed by atoms with Crippen LogP contribution in [0.4, 0.5) is 15.3 Å². The first-order valence-electron chi connectivity index (χ1n) is 9.01. The number of anilines is 1. The molecule has 0 saturated carbocycles. The molecule has 0 spiro atoms. The number of amides is 4. The van der Waals surface area contributed by atoms with E-state index in [-0.39, 0.29) is 30.5 Å². The number of nitrogens with zero attached hydrogens (tertiary/aromatic N) is 3. The van der Waals surface area contributed by atoms with Crippen molar-refractivity contribution in [2.75, 3.05) is 44.2 Å². The molecule has 3 rings (SSSR count). The number of halogens is 1. The molecule has 0 radical (unpaired) electrons. The van der Waals surface area contributed by atoms with E-state index >= 15 is 0 Å². The predicted octanol–water partition coefficient (Wildman–Crippen LogP) is 1.93. The van der Waals surface area contributed by atoms with Crippen molar-refractivity contribution in [3.8, 4) is 0 Å². The largest absolute Gasteiger partial charge is 0.450 e. The molecule has 1 aromatic rings. The average molecular weight is 395 g/mol. The number of carbonyl (C=O) groups is 3. The fourth-order valence-corrected chi connectivity index (χ4v) is 3.37. The summed E-state index contributed by atoms with van der Waals surface area (Å²) in [5, 5.41) is 3.53. The van der Waals surface area contributed by atoms with Crippen LogP contribution in [0.1, 0.15) is 13.3 Å². The van der Waals surface area contributed by atoms with E-state index in [1.807, 2.05) is 0 Å². The number of urea groups is 1. The van der Waals surface area contributed by atoms with Crippen molar-refractivity contribution in [3.63, 3.8) is 0 Å². The van der Waals surface area contributed by atoms with Gasteiger partial charge in [-0.05, 0) is 31.2 Å². The van der Waals surface area contributed by atoms with E-state index in [0.717, 1.165) is 5.69 Å². The van der Waals surface area contributed by atoms with Crippen LogP contribution in [0.15, 0.2) is 24.3 Å². The number of rotatable bonds is 3. The zero-order valence-corrected chi connectivity index (χ0v) is 15.9. The van der Waals surface area contributed by atoms with Crippen LogP contribution in [0.2, 0.25) is 5.02 Å². The van der Waals surface area contributed by atoms with E-state index in [4.69, 9.17) is 16.3 Å². The zero-order chi connectivity index (χ0) is 19.4. The van der Waals surface area contributed by atoms with Crippen LogP contribution in [0.5, 0.6) is 0 Å². The van der Waals surface area contributed by atoms with Gasteiger partial charge in [0, 0.05) is 49.9 Å². The molecule has 2 aliphatic rings. The molecule has 9 heteroatoms. The van der Waals surface area contributed by atoms with Gasteiger partial charge in [-0.3, -0.25) is 4.79 Å². The van der Waals surface area contributed by atoms with Gasteiger partial charge in [-0.25, -0.2) is 9.59 Å². The molecule has 146 valence electrons. The SMILES string of the molecule is CCOC(=O)N1CCN(C(=O)NC2CC(=O)N(c3ccc(Cl)cc3)C2)CC1. The maximum Gasteiger partial charge on any atom is 0.409 e. The predicted molar refractivity (Wildman–Crippen MR) is 101 cm³/mol. The molecule has 2 aliphatic heterocycles. The van der Waals surface area contributed by atoms with Crippen LogP contribution < -0.4 is 10.2 Å². The Bertz CT molecular complexity index is 704. The third kappa shape index (κ3) is 4.63. The highest BCUT2D eigenvalue weighted by Crippen LogP contribution is 2.23. The quantitative estimate of drug-likeness (QED) is 0.849. The summed E-state index contributed by atoms with van der Waals surface area (Å²) in [6.45, 7) is 4.27. The van der Waals surface area contributed by atoms with Gasteiger partial charge in [0.05, 0.1) is 12.6 Å². The third-order valence-corrected chi connectivity index (χ3v) is 4.94. The molecule has 2 fully saturated rings. The fraction of sp³-hybridized carbons (Fsp3) is 0.500. The number of piperazine rings is 1. The highest BCUT2D eigenvalue weighted by molar-refractivity contribution is 6.30. The van der Waals surface area contributed by atoms with E-state index in [9.17, 15) is 14.4 Å². The van der Waals surface area contributed by atoms with Crippen molar-refractivity contribution in [3.05, 3.63) is 29.3 Å². The molecule has 4 amide bonds. The molecule has 0 bridgehead atoms. The fourth-order valence-electron chi connectivity index (χ4n) is 3.25. The summed E-state index contributed by atoms with van der Waals surface area (Å²) in [6.07, 6.45) is -0.0884. The van der Waals surface area contributed by atoms with E-state index in [2.05, 4.69) is 5.32 Å². The Morgan fingerprint density at radius 3 is 2.41 bits per heavy atom. The summed E-state index contributed by atoms with van der Waals surface area (Å²) in [5.74, 6) is -0.0326. The number of nitrogens with one attached hydrogen (secondary N) is 1. The van der Waals surface area contributed by atoms with Crippen LogP contribution in [0, 0.1) is 0 Å². The number of ether oxygens (including phenoxy) is 1. The second kappa shape index (κ2) is 8.47. The van der Waals surface area contributed by atoms with E-state index in [1.54, 1.807) is 45.9 Å². The Morgan fingerprint density at radius 1 is 1.15 bits per heavy atom.